The zero-order valence-electron chi connectivity index (χ0n) is 17.6. The molecule has 0 spiro atoms. The van der Waals surface area contributed by atoms with Crippen molar-refractivity contribution in [3.63, 3.8) is 0 Å². The monoisotopic (exact) mass is 426 g/mol. The fourth-order valence-corrected chi connectivity index (χ4v) is 8.58. The molecular formula is C19H33F3O5Si. The second-order valence-electron chi connectivity index (χ2n) is 8.63. The van der Waals surface area contributed by atoms with Gasteiger partial charge in [0.15, 0.2) is 5.41 Å². The molecule has 0 N–H and O–H groups in total. The molecule has 0 aromatic heterocycles. The molecule has 164 valence electrons. The molecule has 2 aliphatic carbocycles. The van der Waals surface area contributed by atoms with Crippen molar-refractivity contribution in [2.75, 3.05) is 19.8 Å². The quantitative estimate of drug-likeness (QED) is 0.415. The molecule has 2 bridgehead atoms. The van der Waals surface area contributed by atoms with Gasteiger partial charge in [0, 0.05) is 25.4 Å². The van der Waals surface area contributed by atoms with E-state index in [0.29, 0.717) is 12.8 Å². The third kappa shape index (κ3) is 4.13. The highest BCUT2D eigenvalue weighted by atomic mass is 28.4. The maximum Gasteiger partial charge on any atom is 0.504 e. The summed E-state index contributed by atoms with van der Waals surface area (Å²) in [6.45, 7) is 10.9. The molecule has 4 atom stereocenters. The Balaban J connectivity index is 2.50. The molecule has 0 aromatic rings. The molecule has 9 heteroatoms. The smallest absolute Gasteiger partial charge is 0.459 e. The largest absolute Gasteiger partial charge is 0.504 e. The van der Waals surface area contributed by atoms with E-state index in [9.17, 15) is 18.0 Å². The van der Waals surface area contributed by atoms with Gasteiger partial charge in [-0.1, -0.05) is 0 Å². The first-order chi connectivity index (χ1) is 12.9. The van der Waals surface area contributed by atoms with Crippen LogP contribution in [0.4, 0.5) is 13.2 Å². The number of alkyl halides is 3. The van der Waals surface area contributed by atoms with E-state index >= 15 is 0 Å². The summed E-state index contributed by atoms with van der Waals surface area (Å²) < 4.78 is 66.2. The first-order valence-corrected chi connectivity index (χ1v) is 11.9. The van der Waals surface area contributed by atoms with Crippen molar-refractivity contribution in [1.29, 1.82) is 0 Å². The molecule has 0 radical (unpaired) electrons. The second-order valence-corrected chi connectivity index (χ2v) is 11.4. The van der Waals surface area contributed by atoms with Crippen LogP contribution in [0.2, 0.25) is 5.54 Å². The van der Waals surface area contributed by atoms with Crippen LogP contribution in [0.15, 0.2) is 0 Å². The highest BCUT2D eigenvalue weighted by Gasteiger charge is 2.76. The number of ether oxygens (including phenoxy) is 1. The summed E-state index contributed by atoms with van der Waals surface area (Å²) in [7, 11) is -3.40. The van der Waals surface area contributed by atoms with Crippen LogP contribution in [0.5, 0.6) is 0 Å². The van der Waals surface area contributed by atoms with Crippen LogP contribution in [-0.2, 0) is 22.8 Å². The number of rotatable bonds is 8. The fraction of sp³-hybridized carbons (Fsp3) is 0.947. The minimum absolute atomic E-state index is 0.225. The van der Waals surface area contributed by atoms with Crippen molar-refractivity contribution >= 4 is 14.8 Å². The molecule has 4 unspecified atom stereocenters. The van der Waals surface area contributed by atoms with Gasteiger partial charge in [-0.3, -0.25) is 4.79 Å². The molecule has 28 heavy (non-hydrogen) atoms. The number of fused-ring (bicyclic) bond motifs is 2. The van der Waals surface area contributed by atoms with E-state index in [1.807, 2.05) is 0 Å². The molecule has 2 rings (SSSR count). The Morgan fingerprint density at radius 1 is 1.00 bits per heavy atom. The summed E-state index contributed by atoms with van der Waals surface area (Å²) in [6, 6.07) is 0. The fourth-order valence-electron chi connectivity index (χ4n) is 4.95. The first-order valence-electron chi connectivity index (χ1n) is 10.1. The van der Waals surface area contributed by atoms with Crippen LogP contribution in [0.1, 0.15) is 60.8 Å². The van der Waals surface area contributed by atoms with E-state index in [2.05, 4.69) is 0 Å². The van der Waals surface area contributed by atoms with Crippen molar-refractivity contribution in [2.24, 2.45) is 17.3 Å². The van der Waals surface area contributed by atoms with Crippen molar-refractivity contribution in [3.8, 4) is 0 Å². The van der Waals surface area contributed by atoms with Crippen molar-refractivity contribution in [2.45, 2.75) is 78.1 Å². The van der Waals surface area contributed by atoms with Gasteiger partial charge in [0.25, 0.3) is 0 Å². The van der Waals surface area contributed by atoms with Gasteiger partial charge in [-0.25, -0.2) is 0 Å². The summed E-state index contributed by atoms with van der Waals surface area (Å²) in [5, 5.41) is 0. The van der Waals surface area contributed by atoms with Gasteiger partial charge in [-0.05, 0) is 72.6 Å². The molecule has 0 aromatic carbocycles. The Labute approximate surface area is 166 Å². The first kappa shape index (κ1) is 23.6. The van der Waals surface area contributed by atoms with Crippen molar-refractivity contribution < 1.29 is 36.0 Å². The highest BCUT2D eigenvalue weighted by Crippen LogP contribution is 2.69. The van der Waals surface area contributed by atoms with Gasteiger partial charge in [-0.2, -0.15) is 13.2 Å². The van der Waals surface area contributed by atoms with E-state index in [1.165, 1.54) is 0 Å². The molecule has 2 fully saturated rings. The van der Waals surface area contributed by atoms with Gasteiger partial charge in [0.2, 0.25) is 0 Å². The van der Waals surface area contributed by atoms with Gasteiger partial charge in [0.05, 0.1) is 0 Å². The number of esters is 1. The van der Waals surface area contributed by atoms with Gasteiger partial charge in [-0.15, -0.1) is 0 Å². The SMILES string of the molecule is CCO[Si](OCC)(OCC)C1CC2CC1C(C(=O)OC(C)(C)C)(C(F)(F)F)C2. The number of hydrogen-bond acceptors (Lipinski definition) is 5. The summed E-state index contributed by atoms with van der Waals surface area (Å²) in [6.07, 6.45) is -4.11. The Hall–Kier alpha value is -0.643. The lowest BCUT2D eigenvalue weighted by Gasteiger charge is -2.45. The van der Waals surface area contributed by atoms with Crippen LogP contribution in [0.25, 0.3) is 0 Å². The molecule has 5 nitrogen and oxygen atoms in total. The van der Waals surface area contributed by atoms with Crippen molar-refractivity contribution in [3.05, 3.63) is 0 Å². The highest BCUT2D eigenvalue weighted by molar-refractivity contribution is 6.62. The minimum Gasteiger partial charge on any atom is -0.459 e. The van der Waals surface area contributed by atoms with Crippen LogP contribution >= 0.6 is 0 Å². The normalized spacial score (nSPS) is 30.7. The average molecular weight is 427 g/mol. The van der Waals surface area contributed by atoms with E-state index in [-0.39, 0.29) is 32.2 Å². The summed E-state index contributed by atoms with van der Waals surface area (Å²) >= 11 is 0. The van der Waals surface area contributed by atoms with E-state index in [4.69, 9.17) is 18.0 Å². The molecule has 0 saturated heterocycles. The van der Waals surface area contributed by atoms with Crippen LogP contribution in [-0.4, -0.2) is 46.4 Å². The van der Waals surface area contributed by atoms with E-state index in [0.717, 1.165) is 0 Å². The molecule has 0 aliphatic heterocycles. The van der Waals surface area contributed by atoms with Crippen LogP contribution in [0.3, 0.4) is 0 Å². The number of carbonyl (C=O) groups is 1. The van der Waals surface area contributed by atoms with Gasteiger partial charge < -0.3 is 18.0 Å². The lowest BCUT2D eigenvalue weighted by atomic mass is 9.72. The third-order valence-corrected chi connectivity index (χ3v) is 9.28. The topological polar surface area (TPSA) is 54.0 Å². The second kappa shape index (κ2) is 8.24. The maximum atomic E-state index is 14.4. The van der Waals surface area contributed by atoms with Gasteiger partial charge in [0.1, 0.15) is 5.60 Å². The maximum absolute atomic E-state index is 14.4. The Kier molecular flexibility index (Phi) is 6.95. The molecule has 2 saturated carbocycles. The predicted molar refractivity (Wildman–Crippen MR) is 99.5 cm³/mol. The predicted octanol–water partition coefficient (Wildman–Crippen LogP) is 4.73. The lowest BCUT2D eigenvalue weighted by Crippen LogP contribution is -2.59. The zero-order chi connectivity index (χ0) is 21.4. The Morgan fingerprint density at radius 3 is 1.86 bits per heavy atom. The average Bonchev–Trinajstić information content (AvgIpc) is 3.12. The number of halogens is 3. The molecule has 0 amide bonds. The zero-order valence-corrected chi connectivity index (χ0v) is 18.6. The number of carbonyl (C=O) groups excluding carboxylic acids is 1. The number of hydrogen-bond donors (Lipinski definition) is 0. The van der Waals surface area contributed by atoms with Crippen LogP contribution < -0.4 is 0 Å². The van der Waals surface area contributed by atoms with E-state index in [1.54, 1.807) is 41.5 Å². The lowest BCUT2D eigenvalue weighted by molar-refractivity contribution is -0.253. The summed E-state index contributed by atoms with van der Waals surface area (Å²) in [4.78, 5) is 12.9. The summed E-state index contributed by atoms with van der Waals surface area (Å²) in [5.41, 5.74) is -4.10. The minimum atomic E-state index is -4.71. The van der Waals surface area contributed by atoms with Crippen LogP contribution in [0, 0.1) is 17.3 Å². The molecule has 0 heterocycles. The molecule has 2 aliphatic rings. The Morgan fingerprint density at radius 2 is 1.50 bits per heavy atom. The van der Waals surface area contributed by atoms with Gasteiger partial charge >= 0.3 is 21.0 Å². The third-order valence-electron chi connectivity index (χ3n) is 5.66. The Bertz CT molecular complexity index is 546. The van der Waals surface area contributed by atoms with E-state index < -0.39 is 43.4 Å². The summed E-state index contributed by atoms with van der Waals surface area (Å²) in [5.74, 6) is -2.36. The standard InChI is InChI=1S/C19H33F3O5Si/c1-7-24-28(25-8-2,26-9-3)15-11-13-10-14(15)18(12-13,19(20,21)22)16(23)27-17(4,5)6/h13-15H,7-12H2,1-6H3. The van der Waals surface area contributed by atoms with Crippen molar-refractivity contribution in [1.82, 2.24) is 0 Å². The molecular weight excluding hydrogens is 393 g/mol.